The van der Waals surface area contributed by atoms with Crippen LogP contribution in [0.1, 0.15) is 29.9 Å². The summed E-state index contributed by atoms with van der Waals surface area (Å²) in [5.74, 6) is 0. The number of hydrogen-bond acceptors (Lipinski definition) is 4. The zero-order valence-electron chi connectivity index (χ0n) is 8.93. The van der Waals surface area contributed by atoms with E-state index in [2.05, 4.69) is 4.90 Å². The van der Waals surface area contributed by atoms with Gasteiger partial charge in [-0.1, -0.05) is 0 Å². The number of anilines is 1. The number of carbonyl (C=O) groups is 1. The fraction of sp³-hybridized carbons (Fsp3) is 0.545. The van der Waals surface area contributed by atoms with Gasteiger partial charge < -0.3 is 10.0 Å². The second kappa shape index (κ2) is 3.61. The minimum atomic E-state index is -0.294. The van der Waals surface area contributed by atoms with E-state index >= 15 is 0 Å². The van der Waals surface area contributed by atoms with Gasteiger partial charge in [-0.25, -0.2) is 0 Å². The minimum Gasteiger partial charge on any atom is -0.391 e. The number of nitrogens with zero attached hydrogens (tertiary/aromatic N) is 1. The van der Waals surface area contributed by atoms with Gasteiger partial charge in [0.25, 0.3) is 0 Å². The van der Waals surface area contributed by atoms with E-state index in [1.165, 1.54) is 11.3 Å². The summed E-state index contributed by atoms with van der Waals surface area (Å²) in [4.78, 5) is 13.5. The molecule has 0 aromatic carbocycles. The van der Waals surface area contributed by atoms with Crippen molar-refractivity contribution in [3.8, 4) is 0 Å². The van der Waals surface area contributed by atoms with Crippen LogP contribution in [0.5, 0.6) is 0 Å². The number of hydrogen-bond donors (Lipinski definition) is 1. The molecule has 2 heterocycles. The van der Waals surface area contributed by atoms with Crippen LogP contribution in [0.2, 0.25) is 0 Å². The molecule has 15 heavy (non-hydrogen) atoms. The van der Waals surface area contributed by atoms with Crippen LogP contribution in [-0.2, 0) is 0 Å². The molecule has 0 saturated carbocycles. The van der Waals surface area contributed by atoms with Gasteiger partial charge in [0.15, 0.2) is 6.29 Å². The number of aliphatic hydroxyl groups is 1. The molecule has 3 nitrogen and oxygen atoms in total. The van der Waals surface area contributed by atoms with Gasteiger partial charge in [-0.15, -0.1) is 11.3 Å². The largest absolute Gasteiger partial charge is 0.391 e. The summed E-state index contributed by atoms with van der Waals surface area (Å²) < 4.78 is 0. The Bertz CT molecular complexity index is 372. The second-order valence-corrected chi connectivity index (χ2v) is 5.38. The summed E-state index contributed by atoms with van der Waals surface area (Å²) in [5, 5.41) is 11.8. The summed E-state index contributed by atoms with van der Waals surface area (Å²) in [7, 11) is 0. The van der Waals surface area contributed by atoms with Crippen LogP contribution in [0.3, 0.4) is 0 Å². The predicted octanol–water partition coefficient (Wildman–Crippen LogP) is 1.91. The van der Waals surface area contributed by atoms with Crippen molar-refractivity contribution in [2.45, 2.75) is 31.9 Å². The summed E-state index contributed by atoms with van der Waals surface area (Å²) in [6.45, 7) is 4.91. The lowest BCUT2D eigenvalue weighted by molar-refractivity contribution is 0.112. The van der Waals surface area contributed by atoms with Gasteiger partial charge in [-0.2, -0.15) is 0 Å². The van der Waals surface area contributed by atoms with Gasteiger partial charge in [0.05, 0.1) is 16.5 Å². The molecule has 1 unspecified atom stereocenters. The Balaban J connectivity index is 2.28. The molecule has 4 heteroatoms. The molecule has 82 valence electrons. The lowest BCUT2D eigenvalue weighted by Crippen LogP contribution is -2.44. The van der Waals surface area contributed by atoms with Crippen molar-refractivity contribution >= 4 is 23.3 Å². The van der Waals surface area contributed by atoms with Gasteiger partial charge in [0, 0.05) is 17.6 Å². The van der Waals surface area contributed by atoms with E-state index < -0.39 is 0 Å². The summed E-state index contributed by atoms with van der Waals surface area (Å²) >= 11 is 1.45. The summed E-state index contributed by atoms with van der Waals surface area (Å²) in [6, 6.07) is 1.89. The van der Waals surface area contributed by atoms with Crippen molar-refractivity contribution in [3.63, 3.8) is 0 Å². The monoisotopic (exact) mass is 225 g/mol. The Morgan fingerprint density at radius 2 is 2.40 bits per heavy atom. The van der Waals surface area contributed by atoms with Crippen molar-refractivity contribution in [2.75, 3.05) is 11.4 Å². The number of carbonyl (C=O) groups excluding carboxylic acids is 1. The van der Waals surface area contributed by atoms with Crippen molar-refractivity contribution in [3.05, 3.63) is 16.3 Å². The maximum atomic E-state index is 10.6. The van der Waals surface area contributed by atoms with E-state index in [9.17, 15) is 9.90 Å². The van der Waals surface area contributed by atoms with Crippen molar-refractivity contribution in [1.29, 1.82) is 0 Å². The lowest BCUT2D eigenvalue weighted by atomic mass is 9.98. The van der Waals surface area contributed by atoms with Crippen LogP contribution < -0.4 is 4.90 Å². The molecule has 0 amide bonds. The van der Waals surface area contributed by atoms with Gasteiger partial charge >= 0.3 is 0 Å². The fourth-order valence-electron chi connectivity index (χ4n) is 2.08. The first kappa shape index (κ1) is 10.6. The maximum absolute atomic E-state index is 10.6. The van der Waals surface area contributed by atoms with Crippen LogP contribution in [0, 0.1) is 0 Å². The highest BCUT2D eigenvalue weighted by atomic mass is 32.1. The van der Waals surface area contributed by atoms with E-state index in [1.807, 2.05) is 25.3 Å². The standard InChI is InChI=1S/C11H15NO2S/c1-11(2)10(14)3-4-12(11)8-5-9(6-13)15-7-8/h5-7,10,14H,3-4H2,1-2H3. The molecule has 0 radical (unpaired) electrons. The van der Waals surface area contributed by atoms with Gasteiger partial charge in [0.2, 0.25) is 0 Å². The molecule has 1 aromatic rings. The molecule has 0 aliphatic carbocycles. The third-order valence-electron chi connectivity index (χ3n) is 3.17. The quantitative estimate of drug-likeness (QED) is 0.782. The third-order valence-corrected chi connectivity index (χ3v) is 4.02. The molecule has 1 saturated heterocycles. The Hall–Kier alpha value is -0.870. The van der Waals surface area contributed by atoms with Crippen LogP contribution >= 0.6 is 11.3 Å². The molecule has 0 spiro atoms. The average Bonchev–Trinajstić information content (AvgIpc) is 2.74. The highest BCUT2D eigenvalue weighted by Crippen LogP contribution is 2.35. The fourth-order valence-corrected chi connectivity index (χ4v) is 2.78. The topological polar surface area (TPSA) is 40.5 Å². The normalized spacial score (nSPS) is 24.5. The van der Waals surface area contributed by atoms with Crippen LogP contribution in [0.25, 0.3) is 0 Å². The Morgan fingerprint density at radius 1 is 1.67 bits per heavy atom. The molecule has 0 bridgehead atoms. The highest BCUT2D eigenvalue weighted by Gasteiger charge is 2.40. The zero-order valence-corrected chi connectivity index (χ0v) is 9.75. The van der Waals surface area contributed by atoms with E-state index in [1.54, 1.807) is 0 Å². The van der Waals surface area contributed by atoms with Crippen LogP contribution in [-0.4, -0.2) is 29.6 Å². The minimum absolute atomic E-state index is 0.235. The molecule has 1 aromatic heterocycles. The molecule has 1 fully saturated rings. The Kier molecular flexibility index (Phi) is 2.56. The van der Waals surface area contributed by atoms with Crippen LogP contribution in [0.4, 0.5) is 5.69 Å². The Labute approximate surface area is 93.3 Å². The first-order valence-corrected chi connectivity index (χ1v) is 5.93. The van der Waals surface area contributed by atoms with Gasteiger partial charge in [-0.3, -0.25) is 4.79 Å². The lowest BCUT2D eigenvalue weighted by Gasteiger charge is -2.34. The van der Waals surface area contributed by atoms with Crippen molar-refractivity contribution in [2.24, 2.45) is 0 Å². The number of rotatable bonds is 2. The zero-order chi connectivity index (χ0) is 11.1. The van der Waals surface area contributed by atoms with Crippen molar-refractivity contribution in [1.82, 2.24) is 0 Å². The number of aliphatic hydroxyl groups excluding tert-OH is 1. The summed E-state index contributed by atoms with van der Waals surface area (Å²) in [6.07, 6.45) is 1.37. The van der Waals surface area contributed by atoms with E-state index in [0.29, 0.717) is 0 Å². The van der Waals surface area contributed by atoms with Crippen molar-refractivity contribution < 1.29 is 9.90 Å². The average molecular weight is 225 g/mol. The van der Waals surface area contributed by atoms with Gasteiger partial charge in [0.1, 0.15) is 0 Å². The molecule has 1 atom stereocenters. The Morgan fingerprint density at radius 3 is 2.87 bits per heavy atom. The van der Waals surface area contributed by atoms with Gasteiger partial charge in [-0.05, 0) is 26.3 Å². The third kappa shape index (κ3) is 1.68. The first-order chi connectivity index (χ1) is 7.05. The van der Waals surface area contributed by atoms with E-state index in [0.717, 1.165) is 29.8 Å². The summed E-state index contributed by atoms with van der Waals surface area (Å²) in [5.41, 5.74) is 0.810. The van der Waals surface area contributed by atoms with E-state index in [-0.39, 0.29) is 11.6 Å². The molecule has 1 N–H and O–H groups in total. The predicted molar refractivity (Wildman–Crippen MR) is 61.8 cm³/mol. The maximum Gasteiger partial charge on any atom is 0.160 e. The molecule has 2 rings (SSSR count). The molecule has 1 aliphatic rings. The number of thiophene rings is 1. The second-order valence-electron chi connectivity index (χ2n) is 4.43. The van der Waals surface area contributed by atoms with Crippen LogP contribution in [0.15, 0.2) is 11.4 Å². The first-order valence-electron chi connectivity index (χ1n) is 5.05. The SMILES string of the molecule is CC1(C)C(O)CCN1c1csc(C=O)c1. The molecular formula is C11H15NO2S. The molecular weight excluding hydrogens is 210 g/mol. The highest BCUT2D eigenvalue weighted by molar-refractivity contribution is 7.12. The molecule has 1 aliphatic heterocycles. The van der Waals surface area contributed by atoms with E-state index in [4.69, 9.17) is 0 Å². The smallest absolute Gasteiger partial charge is 0.160 e. The number of aldehydes is 1.